The lowest BCUT2D eigenvalue weighted by atomic mass is 10.0. The molecular formula is C18H10Cl2F2O3. The first-order chi connectivity index (χ1) is 11.8. The Bertz CT molecular complexity index is 1050. The monoisotopic (exact) mass is 382 g/mol. The van der Waals surface area contributed by atoms with E-state index < -0.39 is 28.8 Å². The summed E-state index contributed by atoms with van der Waals surface area (Å²) >= 11 is 11.7. The van der Waals surface area contributed by atoms with Gasteiger partial charge in [0.05, 0.1) is 10.0 Å². The fourth-order valence-electron chi connectivity index (χ4n) is 2.47. The average Bonchev–Trinajstić information content (AvgIpc) is 2.55. The van der Waals surface area contributed by atoms with Gasteiger partial charge in [0.25, 0.3) is 0 Å². The van der Waals surface area contributed by atoms with Crippen molar-refractivity contribution in [3.8, 4) is 28.2 Å². The summed E-state index contributed by atoms with van der Waals surface area (Å²) < 4.78 is 32.9. The quantitative estimate of drug-likeness (QED) is 0.629. The Balaban J connectivity index is 2.24. The van der Waals surface area contributed by atoms with Crippen LogP contribution in [0.25, 0.3) is 22.5 Å². The molecule has 0 aliphatic rings. The maximum absolute atomic E-state index is 14.6. The van der Waals surface area contributed by atoms with Crippen molar-refractivity contribution in [3.05, 3.63) is 74.1 Å². The van der Waals surface area contributed by atoms with Crippen molar-refractivity contribution in [2.24, 2.45) is 0 Å². The minimum absolute atomic E-state index is 0.138. The standard InChI is InChI=1S/C18H10Cl2F2O3/c1-8-6-10(21)3-4-11(8)14-16(23)15(22)17(25-18(14)24)9-2-5-12(19)13(20)7-9/h2-7,23H,1H3. The Morgan fingerprint density at radius 1 is 1.04 bits per heavy atom. The van der Waals surface area contributed by atoms with Crippen LogP contribution in [0.2, 0.25) is 10.0 Å². The van der Waals surface area contributed by atoms with Crippen molar-refractivity contribution in [2.75, 3.05) is 0 Å². The van der Waals surface area contributed by atoms with Gasteiger partial charge in [-0.15, -0.1) is 0 Å². The first-order valence-corrected chi connectivity index (χ1v) is 7.82. The van der Waals surface area contributed by atoms with E-state index in [1.165, 1.54) is 37.3 Å². The maximum atomic E-state index is 14.6. The van der Waals surface area contributed by atoms with Crippen LogP contribution in [0.1, 0.15) is 5.56 Å². The number of aromatic hydroxyl groups is 1. The highest BCUT2D eigenvalue weighted by molar-refractivity contribution is 6.42. The number of hydrogen-bond donors (Lipinski definition) is 1. The Labute approximate surface area is 151 Å². The fraction of sp³-hybridized carbons (Fsp3) is 0.0556. The van der Waals surface area contributed by atoms with Gasteiger partial charge in [-0.25, -0.2) is 9.18 Å². The minimum atomic E-state index is -1.13. The molecule has 0 bridgehead atoms. The van der Waals surface area contributed by atoms with E-state index >= 15 is 0 Å². The van der Waals surface area contributed by atoms with Gasteiger partial charge in [0.1, 0.15) is 11.4 Å². The van der Waals surface area contributed by atoms with Gasteiger partial charge < -0.3 is 9.52 Å². The second kappa shape index (κ2) is 6.50. The minimum Gasteiger partial charge on any atom is -0.504 e. The molecule has 0 unspecified atom stereocenters. The van der Waals surface area contributed by atoms with Gasteiger partial charge in [-0.2, -0.15) is 4.39 Å². The van der Waals surface area contributed by atoms with Crippen LogP contribution >= 0.6 is 23.2 Å². The molecule has 1 aromatic heterocycles. The van der Waals surface area contributed by atoms with Crippen LogP contribution in [0.3, 0.4) is 0 Å². The maximum Gasteiger partial charge on any atom is 0.348 e. The van der Waals surface area contributed by atoms with E-state index in [1.807, 2.05) is 0 Å². The molecule has 0 saturated carbocycles. The van der Waals surface area contributed by atoms with Gasteiger partial charge in [0.15, 0.2) is 11.5 Å². The van der Waals surface area contributed by atoms with Crippen molar-refractivity contribution < 1.29 is 18.3 Å². The van der Waals surface area contributed by atoms with E-state index in [0.717, 1.165) is 6.07 Å². The molecule has 1 N–H and O–H groups in total. The first-order valence-electron chi connectivity index (χ1n) is 7.07. The van der Waals surface area contributed by atoms with Gasteiger partial charge in [-0.05, 0) is 48.4 Å². The van der Waals surface area contributed by atoms with Crippen molar-refractivity contribution in [2.45, 2.75) is 6.92 Å². The number of aryl methyl sites for hydroxylation is 1. The summed E-state index contributed by atoms with van der Waals surface area (Å²) in [6.45, 7) is 1.53. The highest BCUT2D eigenvalue weighted by atomic mass is 35.5. The van der Waals surface area contributed by atoms with Crippen LogP contribution < -0.4 is 5.63 Å². The van der Waals surface area contributed by atoms with Crippen LogP contribution in [-0.4, -0.2) is 5.11 Å². The van der Waals surface area contributed by atoms with Crippen LogP contribution in [-0.2, 0) is 0 Å². The second-order valence-electron chi connectivity index (χ2n) is 5.34. The smallest absolute Gasteiger partial charge is 0.348 e. The molecule has 3 rings (SSSR count). The zero-order valence-electron chi connectivity index (χ0n) is 12.7. The highest BCUT2D eigenvalue weighted by Gasteiger charge is 2.23. The normalized spacial score (nSPS) is 10.9. The first kappa shape index (κ1) is 17.5. The molecule has 0 spiro atoms. The Morgan fingerprint density at radius 2 is 1.76 bits per heavy atom. The van der Waals surface area contributed by atoms with Crippen LogP contribution in [0.5, 0.6) is 5.75 Å². The third kappa shape index (κ3) is 3.13. The highest BCUT2D eigenvalue weighted by Crippen LogP contribution is 2.37. The predicted octanol–water partition coefficient (Wildman–Crippen LogP) is 5.57. The molecule has 0 amide bonds. The molecule has 0 radical (unpaired) electrons. The summed E-state index contributed by atoms with van der Waals surface area (Å²) in [5.74, 6) is -2.99. The molecule has 3 aromatic rings. The fourth-order valence-corrected chi connectivity index (χ4v) is 2.77. The molecular weight excluding hydrogens is 373 g/mol. The largest absolute Gasteiger partial charge is 0.504 e. The van der Waals surface area contributed by atoms with Gasteiger partial charge in [-0.3, -0.25) is 0 Å². The summed E-state index contributed by atoms with van der Waals surface area (Å²) in [7, 11) is 0. The Morgan fingerprint density at radius 3 is 2.40 bits per heavy atom. The van der Waals surface area contributed by atoms with Crippen molar-refractivity contribution in [1.82, 2.24) is 0 Å². The molecule has 0 fully saturated rings. The lowest BCUT2D eigenvalue weighted by Gasteiger charge is -2.10. The summed E-state index contributed by atoms with van der Waals surface area (Å²) in [6, 6.07) is 7.67. The van der Waals surface area contributed by atoms with Crippen molar-refractivity contribution in [3.63, 3.8) is 0 Å². The van der Waals surface area contributed by atoms with Crippen molar-refractivity contribution >= 4 is 23.2 Å². The molecule has 7 heteroatoms. The Hall–Kier alpha value is -2.37. The lowest BCUT2D eigenvalue weighted by molar-refractivity contribution is 0.402. The van der Waals surface area contributed by atoms with Crippen LogP contribution in [0.4, 0.5) is 8.78 Å². The average molecular weight is 383 g/mol. The molecule has 3 nitrogen and oxygen atoms in total. The molecule has 0 saturated heterocycles. The van der Waals surface area contributed by atoms with Crippen LogP contribution in [0.15, 0.2) is 45.6 Å². The summed E-state index contributed by atoms with van der Waals surface area (Å²) in [4.78, 5) is 12.3. The van der Waals surface area contributed by atoms with E-state index in [1.54, 1.807) is 0 Å². The number of benzene rings is 2. The number of rotatable bonds is 2. The van der Waals surface area contributed by atoms with E-state index in [0.29, 0.717) is 5.56 Å². The molecule has 1 heterocycles. The van der Waals surface area contributed by atoms with E-state index in [-0.39, 0.29) is 26.7 Å². The molecule has 2 aromatic carbocycles. The zero-order chi connectivity index (χ0) is 18.3. The van der Waals surface area contributed by atoms with Gasteiger partial charge >= 0.3 is 5.63 Å². The predicted molar refractivity (Wildman–Crippen MR) is 92.2 cm³/mol. The molecule has 0 atom stereocenters. The van der Waals surface area contributed by atoms with Crippen molar-refractivity contribution in [1.29, 1.82) is 0 Å². The Kier molecular flexibility index (Phi) is 4.54. The molecule has 0 aliphatic carbocycles. The summed E-state index contributed by atoms with van der Waals surface area (Å²) in [5, 5.41) is 10.6. The van der Waals surface area contributed by atoms with Crippen LogP contribution in [0, 0.1) is 18.6 Å². The number of halogens is 4. The van der Waals surface area contributed by atoms with Gasteiger partial charge in [0.2, 0.25) is 5.82 Å². The van der Waals surface area contributed by atoms with Gasteiger partial charge in [0, 0.05) is 5.56 Å². The summed E-state index contributed by atoms with van der Waals surface area (Å²) in [6.07, 6.45) is 0. The van der Waals surface area contributed by atoms with E-state index in [2.05, 4.69) is 0 Å². The molecule has 128 valence electrons. The second-order valence-corrected chi connectivity index (χ2v) is 6.16. The molecule has 25 heavy (non-hydrogen) atoms. The SMILES string of the molecule is Cc1cc(F)ccc1-c1c(O)c(F)c(-c2ccc(Cl)c(Cl)c2)oc1=O. The molecule has 0 aliphatic heterocycles. The lowest BCUT2D eigenvalue weighted by Crippen LogP contribution is -2.07. The third-order valence-corrected chi connectivity index (χ3v) is 4.42. The van der Waals surface area contributed by atoms with E-state index in [9.17, 15) is 18.7 Å². The topological polar surface area (TPSA) is 50.4 Å². The van der Waals surface area contributed by atoms with E-state index in [4.69, 9.17) is 27.6 Å². The third-order valence-electron chi connectivity index (χ3n) is 3.68. The number of hydrogen-bond acceptors (Lipinski definition) is 3. The zero-order valence-corrected chi connectivity index (χ0v) is 14.3. The summed E-state index contributed by atoms with van der Waals surface area (Å²) in [5.41, 5.74) is -0.674. The van der Waals surface area contributed by atoms with Gasteiger partial charge in [-0.1, -0.05) is 29.3 Å².